The summed E-state index contributed by atoms with van der Waals surface area (Å²) in [7, 11) is 0. The molecule has 0 aliphatic carbocycles. The smallest absolute Gasteiger partial charge is 0.123 e. The van der Waals surface area contributed by atoms with Crippen LogP contribution in [0.4, 0.5) is 4.39 Å². The summed E-state index contributed by atoms with van der Waals surface area (Å²) >= 11 is 0. The summed E-state index contributed by atoms with van der Waals surface area (Å²) in [6.07, 6.45) is 2.44. The minimum atomic E-state index is -0.300. The minimum absolute atomic E-state index is 0.162. The van der Waals surface area contributed by atoms with Crippen molar-refractivity contribution in [1.82, 2.24) is 10.2 Å². The number of nitrogens with one attached hydrogen (secondary N) is 1. The maximum absolute atomic E-state index is 13.1. The Kier molecular flexibility index (Phi) is 5.16. The molecule has 106 valence electrons. The third-order valence-corrected chi connectivity index (χ3v) is 3.94. The van der Waals surface area contributed by atoms with Crippen molar-refractivity contribution < 1.29 is 9.50 Å². The van der Waals surface area contributed by atoms with Crippen molar-refractivity contribution in [3.05, 3.63) is 29.6 Å². The normalized spacial score (nSPS) is 17.8. The molecule has 1 heterocycles. The molecule has 1 aliphatic heterocycles. The maximum Gasteiger partial charge on any atom is 0.123 e. The molecule has 1 fully saturated rings. The summed E-state index contributed by atoms with van der Waals surface area (Å²) in [4.78, 5) is 2.47. The van der Waals surface area contributed by atoms with Crippen LogP contribution in [0.15, 0.2) is 18.2 Å². The fraction of sp³-hybridized carbons (Fsp3) is 0.600. The molecule has 1 aromatic carbocycles. The van der Waals surface area contributed by atoms with E-state index in [-0.39, 0.29) is 11.6 Å². The summed E-state index contributed by atoms with van der Waals surface area (Å²) < 4.78 is 13.1. The van der Waals surface area contributed by atoms with Gasteiger partial charge in [0, 0.05) is 12.1 Å². The van der Waals surface area contributed by atoms with Crippen molar-refractivity contribution in [1.29, 1.82) is 0 Å². The van der Waals surface area contributed by atoms with Crippen LogP contribution in [0.2, 0.25) is 0 Å². The fourth-order valence-electron chi connectivity index (χ4n) is 2.61. The molecule has 1 aromatic rings. The molecule has 3 nitrogen and oxygen atoms in total. The van der Waals surface area contributed by atoms with Gasteiger partial charge in [-0.05, 0) is 63.1 Å². The van der Waals surface area contributed by atoms with E-state index in [1.807, 2.05) is 0 Å². The monoisotopic (exact) mass is 266 g/mol. The average molecular weight is 266 g/mol. The van der Waals surface area contributed by atoms with Crippen LogP contribution in [0, 0.1) is 11.7 Å². The second-order valence-electron chi connectivity index (χ2n) is 5.28. The molecule has 0 radical (unpaired) electrons. The number of benzene rings is 1. The molecule has 0 atom stereocenters. The second-order valence-corrected chi connectivity index (χ2v) is 5.28. The molecule has 4 heteroatoms. The van der Waals surface area contributed by atoms with Crippen LogP contribution < -0.4 is 5.32 Å². The van der Waals surface area contributed by atoms with Gasteiger partial charge in [0.15, 0.2) is 0 Å². The van der Waals surface area contributed by atoms with E-state index < -0.39 is 0 Å². The molecule has 0 bridgehead atoms. The third-order valence-electron chi connectivity index (χ3n) is 3.94. The number of piperidine rings is 1. The van der Waals surface area contributed by atoms with Gasteiger partial charge in [0.25, 0.3) is 0 Å². The number of hydrogen-bond donors (Lipinski definition) is 2. The highest BCUT2D eigenvalue weighted by molar-refractivity contribution is 5.32. The van der Waals surface area contributed by atoms with E-state index >= 15 is 0 Å². The highest BCUT2D eigenvalue weighted by Crippen LogP contribution is 2.19. The van der Waals surface area contributed by atoms with Crippen molar-refractivity contribution >= 4 is 0 Å². The highest BCUT2D eigenvalue weighted by Gasteiger charge is 2.17. The summed E-state index contributed by atoms with van der Waals surface area (Å²) in [5, 5.41) is 13.0. The Balaban J connectivity index is 1.73. The van der Waals surface area contributed by atoms with Crippen LogP contribution in [0.25, 0.3) is 0 Å². The maximum atomic E-state index is 13.1. The zero-order valence-corrected chi connectivity index (χ0v) is 11.5. The van der Waals surface area contributed by atoms with E-state index in [0.717, 1.165) is 13.1 Å². The zero-order chi connectivity index (χ0) is 13.7. The third kappa shape index (κ3) is 4.18. The standard InChI is InChI=1S/C15H23FN2O/c1-2-18-7-5-12(6-8-18)10-17-11-13-9-14(16)3-4-15(13)19/h3-4,9,12,17,19H,2,5-8,10-11H2,1H3. The van der Waals surface area contributed by atoms with Gasteiger partial charge in [-0.15, -0.1) is 0 Å². The molecule has 0 spiro atoms. The van der Waals surface area contributed by atoms with Crippen LogP contribution in [-0.2, 0) is 6.54 Å². The number of aromatic hydroxyl groups is 1. The van der Waals surface area contributed by atoms with Crippen LogP contribution in [0.1, 0.15) is 25.3 Å². The topological polar surface area (TPSA) is 35.5 Å². The van der Waals surface area contributed by atoms with E-state index in [1.165, 1.54) is 44.1 Å². The largest absolute Gasteiger partial charge is 0.508 e. The van der Waals surface area contributed by atoms with Crippen molar-refractivity contribution in [3.63, 3.8) is 0 Å². The average Bonchev–Trinajstić information content (AvgIpc) is 2.43. The molecular weight excluding hydrogens is 243 g/mol. The Hall–Kier alpha value is -1.13. The van der Waals surface area contributed by atoms with Crippen LogP contribution in [0.3, 0.4) is 0 Å². The number of nitrogens with zero attached hydrogens (tertiary/aromatic N) is 1. The van der Waals surface area contributed by atoms with Crippen molar-refractivity contribution in [2.75, 3.05) is 26.2 Å². The Morgan fingerprint density at radius 2 is 2.11 bits per heavy atom. The first kappa shape index (κ1) is 14.3. The van der Waals surface area contributed by atoms with E-state index in [0.29, 0.717) is 18.0 Å². The number of phenolic OH excluding ortho intramolecular Hbond substituents is 1. The number of phenols is 1. The quantitative estimate of drug-likeness (QED) is 0.859. The fourth-order valence-corrected chi connectivity index (χ4v) is 2.61. The first-order valence-corrected chi connectivity index (χ1v) is 7.09. The molecule has 19 heavy (non-hydrogen) atoms. The SMILES string of the molecule is CCN1CCC(CNCc2cc(F)ccc2O)CC1. The van der Waals surface area contributed by atoms with Crippen LogP contribution >= 0.6 is 0 Å². The summed E-state index contributed by atoms with van der Waals surface area (Å²) in [5.41, 5.74) is 0.631. The molecule has 0 aromatic heterocycles. The lowest BCUT2D eigenvalue weighted by molar-refractivity contribution is 0.190. The Labute approximate surface area is 114 Å². The predicted molar refractivity (Wildman–Crippen MR) is 74.6 cm³/mol. The van der Waals surface area contributed by atoms with E-state index in [1.54, 1.807) is 0 Å². The molecule has 1 aliphatic rings. The summed E-state index contributed by atoms with van der Waals surface area (Å²) in [6.45, 7) is 7.15. The lowest BCUT2D eigenvalue weighted by Gasteiger charge is -2.31. The van der Waals surface area contributed by atoms with Gasteiger partial charge in [-0.25, -0.2) is 4.39 Å². The number of halogens is 1. The molecule has 2 N–H and O–H groups in total. The Morgan fingerprint density at radius 3 is 2.79 bits per heavy atom. The molecule has 0 unspecified atom stereocenters. The van der Waals surface area contributed by atoms with Gasteiger partial charge in [-0.2, -0.15) is 0 Å². The highest BCUT2D eigenvalue weighted by atomic mass is 19.1. The van der Waals surface area contributed by atoms with Crippen molar-refractivity contribution in [2.24, 2.45) is 5.92 Å². The van der Waals surface area contributed by atoms with Crippen molar-refractivity contribution in [2.45, 2.75) is 26.3 Å². The molecule has 2 rings (SSSR count). The number of rotatable bonds is 5. The summed E-state index contributed by atoms with van der Waals surface area (Å²) in [5.74, 6) is 0.555. The Bertz CT molecular complexity index is 403. The van der Waals surface area contributed by atoms with Gasteiger partial charge >= 0.3 is 0 Å². The van der Waals surface area contributed by atoms with E-state index in [2.05, 4.69) is 17.1 Å². The van der Waals surface area contributed by atoms with Crippen LogP contribution in [-0.4, -0.2) is 36.2 Å². The predicted octanol–water partition coefficient (Wildman–Crippen LogP) is 2.35. The van der Waals surface area contributed by atoms with Crippen molar-refractivity contribution in [3.8, 4) is 5.75 Å². The number of likely N-dealkylation sites (tertiary alicyclic amines) is 1. The number of hydrogen-bond acceptors (Lipinski definition) is 3. The zero-order valence-electron chi connectivity index (χ0n) is 11.5. The molecule has 0 amide bonds. The minimum Gasteiger partial charge on any atom is -0.508 e. The second kappa shape index (κ2) is 6.87. The first-order chi connectivity index (χ1) is 9.19. The van der Waals surface area contributed by atoms with E-state index in [4.69, 9.17) is 0 Å². The lowest BCUT2D eigenvalue weighted by Crippen LogP contribution is -2.36. The van der Waals surface area contributed by atoms with E-state index in [9.17, 15) is 9.50 Å². The lowest BCUT2D eigenvalue weighted by atomic mass is 9.97. The summed E-state index contributed by atoms with van der Waals surface area (Å²) in [6, 6.07) is 4.08. The molecule has 1 saturated heterocycles. The van der Waals surface area contributed by atoms with Crippen LogP contribution in [0.5, 0.6) is 5.75 Å². The van der Waals surface area contributed by atoms with Gasteiger partial charge in [-0.3, -0.25) is 0 Å². The van der Waals surface area contributed by atoms with Gasteiger partial charge in [0.1, 0.15) is 11.6 Å². The van der Waals surface area contributed by atoms with Gasteiger partial charge in [-0.1, -0.05) is 6.92 Å². The van der Waals surface area contributed by atoms with Gasteiger partial charge in [0.05, 0.1) is 0 Å². The van der Waals surface area contributed by atoms with Gasteiger partial charge < -0.3 is 15.3 Å². The Morgan fingerprint density at radius 1 is 1.37 bits per heavy atom. The first-order valence-electron chi connectivity index (χ1n) is 7.09. The van der Waals surface area contributed by atoms with Gasteiger partial charge in [0.2, 0.25) is 0 Å². The molecular formula is C15H23FN2O. The molecule has 0 saturated carbocycles.